The van der Waals surface area contributed by atoms with Crippen molar-refractivity contribution in [3.05, 3.63) is 11.6 Å². The molecule has 0 heterocycles. The van der Waals surface area contributed by atoms with E-state index in [9.17, 15) is 4.79 Å². The van der Waals surface area contributed by atoms with Crippen LogP contribution in [0.25, 0.3) is 0 Å². The second-order valence-electron chi connectivity index (χ2n) is 4.46. The Hall–Kier alpha value is -0.630. The topological polar surface area (TPSA) is 26.3 Å². The lowest BCUT2D eigenvalue weighted by molar-refractivity contribution is -0.129. The molecule has 0 spiro atoms. The van der Waals surface area contributed by atoms with Gasteiger partial charge in [-0.3, -0.25) is 4.79 Å². The van der Waals surface area contributed by atoms with Crippen LogP contribution in [0.15, 0.2) is 11.6 Å². The molecule has 1 atom stereocenters. The molecule has 0 aromatic carbocycles. The minimum Gasteiger partial charge on any atom is -0.370 e. The molecule has 1 aliphatic carbocycles. The zero-order chi connectivity index (χ0) is 11.3. The van der Waals surface area contributed by atoms with Crippen LogP contribution in [-0.4, -0.2) is 18.5 Å². The molecule has 0 aromatic rings. The highest BCUT2D eigenvalue weighted by Crippen LogP contribution is 2.22. The Morgan fingerprint density at radius 3 is 2.67 bits per heavy atom. The van der Waals surface area contributed by atoms with E-state index in [-0.39, 0.29) is 17.8 Å². The molecule has 0 saturated carbocycles. The third-order valence-corrected chi connectivity index (χ3v) is 2.82. The standard InChI is InChI=1S/C13H22O2/c1-4-15-13(10(2)3)12(14)11-8-6-5-7-9-11/h8,10,13H,4-7,9H2,1-3H3. The van der Waals surface area contributed by atoms with E-state index in [0.29, 0.717) is 6.61 Å². The van der Waals surface area contributed by atoms with E-state index >= 15 is 0 Å². The van der Waals surface area contributed by atoms with E-state index < -0.39 is 0 Å². The van der Waals surface area contributed by atoms with Crippen LogP contribution in [0.1, 0.15) is 46.5 Å². The van der Waals surface area contributed by atoms with Crippen molar-refractivity contribution in [3.63, 3.8) is 0 Å². The van der Waals surface area contributed by atoms with E-state index in [1.165, 1.54) is 6.42 Å². The summed E-state index contributed by atoms with van der Waals surface area (Å²) < 4.78 is 5.53. The maximum atomic E-state index is 12.1. The number of rotatable bonds is 5. The van der Waals surface area contributed by atoms with E-state index in [4.69, 9.17) is 4.74 Å². The van der Waals surface area contributed by atoms with Crippen LogP contribution < -0.4 is 0 Å². The van der Waals surface area contributed by atoms with Crippen LogP contribution in [0.3, 0.4) is 0 Å². The highest BCUT2D eigenvalue weighted by molar-refractivity contribution is 5.99. The molecule has 0 aromatic heterocycles. The highest BCUT2D eigenvalue weighted by atomic mass is 16.5. The lowest BCUT2D eigenvalue weighted by atomic mass is 9.90. The van der Waals surface area contributed by atoms with Crippen molar-refractivity contribution < 1.29 is 9.53 Å². The summed E-state index contributed by atoms with van der Waals surface area (Å²) in [5.41, 5.74) is 0.994. The number of ether oxygens (including phenoxy) is 1. The Kier molecular flexibility index (Phi) is 5.03. The third-order valence-electron chi connectivity index (χ3n) is 2.82. The van der Waals surface area contributed by atoms with Gasteiger partial charge in [-0.2, -0.15) is 0 Å². The number of hydrogen-bond donors (Lipinski definition) is 0. The second-order valence-corrected chi connectivity index (χ2v) is 4.46. The van der Waals surface area contributed by atoms with Gasteiger partial charge in [-0.15, -0.1) is 0 Å². The number of carbonyl (C=O) groups excluding carboxylic acids is 1. The Morgan fingerprint density at radius 2 is 2.20 bits per heavy atom. The smallest absolute Gasteiger partial charge is 0.187 e. The van der Waals surface area contributed by atoms with Crippen LogP contribution in [-0.2, 0) is 9.53 Å². The molecule has 0 aliphatic heterocycles. The van der Waals surface area contributed by atoms with Gasteiger partial charge in [-0.1, -0.05) is 19.9 Å². The number of allylic oxidation sites excluding steroid dienone is 1. The van der Waals surface area contributed by atoms with Gasteiger partial charge in [-0.25, -0.2) is 0 Å². The Bertz CT molecular complexity index is 241. The average Bonchev–Trinajstić information content (AvgIpc) is 2.26. The van der Waals surface area contributed by atoms with Gasteiger partial charge in [-0.05, 0) is 44.1 Å². The highest BCUT2D eigenvalue weighted by Gasteiger charge is 2.25. The summed E-state index contributed by atoms with van der Waals surface area (Å²) in [5, 5.41) is 0. The average molecular weight is 210 g/mol. The fourth-order valence-electron chi connectivity index (χ4n) is 2.00. The zero-order valence-corrected chi connectivity index (χ0v) is 10.1. The quantitative estimate of drug-likeness (QED) is 0.697. The van der Waals surface area contributed by atoms with Crippen molar-refractivity contribution in [2.75, 3.05) is 6.61 Å². The summed E-state index contributed by atoms with van der Waals surface area (Å²) in [7, 11) is 0. The molecule has 1 rings (SSSR count). The third kappa shape index (κ3) is 3.45. The molecule has 15 heavy (non-hydrogen) atoms. The van der Waals surface area contributed by atoms with Gasteiger partial charge in [0, 0.05) is 6.61 Å². The number of ketones is 1. The zero-order valence-electron chi connectivity index (χ0n) is 10.1. The van der Waals surface area contributed by atoms with Crippen molar-refractivity contribution in [2.24, 2.45) is 5.92 Å². The molecule has 0 fully saturated rings. The van der Waals surface area contributed by atoms with Gasteiger partial charge < -0.3 is 4.74 Å². The molecule has 0 radical (unpaired) electrons. The van der Waals surface area contributed by atoms with Crippen LogP contribution >= 0.6 is 0 Å². The van der Waals surface area contributed by atoms with Crippen molar-refractivity contribution >= 4 is 5.78 Å². The molecule has 1 aliphatic rings. The van der Waals surface area contributed by atoms with Gasteiger partial charge in [0.2, 0.25) is 0 Å². The first-order chi connectivity index (χ1) is 7.16. The molecule has 0 bridgehead atoms. The molecule has 0 amide bonds. The van der Waals surface area contributed by atoms with Gasteiger partial charge >= 0.3 is 0 Å². The van der Waals surface area contributed by atoms with Crippen LogP contribution in [0.2, 0.25) is 0 Å². The van der Waals surface area contributed by atoms with Gasteiger partial charge in [0.25, 0.3) is 0 Å². The molecule has 2 nitrogen and oxygen atoms in total. The fraction of sp³-hybridized carbons (Fsp3) is 0.769. The van der Waals surface area contributed by atoms with E-state index in [1.54, 1.807) is 0 Å². The monoisotopic (exact) mass is 210 g/mol. The van der Waals surface area contributed by atoms with E-state index in [0.717, 1.165) is 24.8 Å². The summed E-state index contributed by atoms with van der Waals surface area (Å²) in [6, 6.07) is 0. The van der Waals surface area contributed by atoms with Gasteiger partial charge in [0.1, 0.15) is 6.10 Å². The summed E-state index contributed by atoms with van der Waals surface area (Å²) in [4.78, 5) is 12.1. The van der Waals surface area contributed by atoms with Crippen molar-refractivity contribution in [3.8, 4) is 0 Å². The van der Waals surface area contributed by atoms with Crippen LogP contribution in [0.5, 0.6) is 0 Å². The van der Waals surface area contributed by atoms with Crippen LogP contribution in [0.4, 0.5) is 0 Å². The first-order valence-corrected chi connectivity index (χ1v) is 6.01. The number of carbonyl (C=O) groups is 1. The number of Topliss-reactive ketones (excluding diaryl/α,β-unsaturated/α-hetero) is 1. The number of hydrogen-bond acceptors (Lipinski definition) is 2. The van der Waals surface area contributed by atoms with E-state index in [1.807, 2.05) is 20.8 Å². The van der Waals surface area contributed by atoms with Crippen molar-refractivity contribution in [2.45, 2.75) is 52.6 Å². The molecule has 0 saturated heterocycles. The minimum absolute atomic E-state index is 0.214. The van der Waals surface area contributed by atoms with Gasteiger partial charge in [0.05, 0.1) is 0 Å². The first kappa shape index (κ1) is 12.4. The van der Waals surface area contributed by atoms with Crippen molar-refractivity contribution in [1.29, 1.82) is 0 Å². The Balaban J connectivity index is 2.66. The Morgan fingerprint density at radius 1 is 1.47 bits per heavy atom. The molecule has 0 N–H and O–H groups in total. The molecule has 2 heteroatoms. The lowest BCUT2D eigenvalue weighted by Gasteiger charge is -2.22. The summed E-state index contributed by atoms with van der Waals surface area (Å²) in [6.45, 7) is 6.64. The largest absolute Gasteiger partial charge is 0.370 e. The summed E-state index contributed by atoms with van der Waals surface area (Å²) in [5.74, 6) is 0.479. The van der Waals surface area contributed by atoms with Crippen molar-refractivity contribution in [1.82, 2.24) is 0 Å². The minimum atomic E-state index is -0.237. The Labute approximate surface area is 92.7 Å². The second kappa shape index (κ2) is 6.06. The SMILES string of the molecule is CCOC(C(=O)C1=CCCCC1)C(C)C. The summed E-state index contributed by atoms with van der Waals surface area (Å²) in [6.07, 6.45) is 6.22. The molecular formula is C13H22O2. The van der Waals surface area contributed by atoms with Gasteiger partial charge in [0.15, 0.2) is 5.78 Å². The van der Waals surface area contributed by atoms with E-state index in [2.05, 4.69) is 6.08 Å². The predicted molar refractivity (Wildman–Crippen MR) is 61.8 cm³/mol. The lowest BCUT2D eigenvalue weighted by Crippen LogP contribution is -2.31. The first-order valence-electron chi connectivity index (χ1n) is 6.01. The molecule has 86 valence electrons. The maximum absolute atomic E-state index is 12.1. The fourth-order valence-corrected chi connectivity index (χ4v) is 2.00. The maximum Gasteiger partial charge on any atom is 0.187 e. The predicted octanol–water partition coefficient (Wildman–Crippen LogP) is 3.12. The summed E-state index contributed by atoms with van der Waals surface area (Å²) >= 11 is 0. The molecular weight excluding hydrogens is 188 g/mol. The normalized spacial score (nSPS) is 18.8. The molecule has 1 unspecified atom stereocenters. The van der Waals surface area contributed by atoms with Crippen LogP contribution in [0, 0.1) is 5.92 Å².